The van der Waals surface area contributed by atoms with Crippen LogP contribution in [0.15, 0.2) is 40.9 Å². The van der Waals surface area contributed by atoms with Gasteiger partial charge in [0, 0.05) is 4.47 Å². The molecule has 0 saturated heterocycles. The maximum absolute atomic E-state index is 12.6. The zero-order chi connectivity index (χ0) is 17.8. The number of hydrogen-bond donors (Lipinski definition) is 1. The number of unbranched alkanes of at least 4 members (excludes halogenated alkanes) is 1. The largest absolute Gasteiger partial charge is 0.496 e. The van der Waals surface area contributed by atoms with Crippen LogP contribution in [0.2, 0.25) is 0 Å². The van der Waals surface area contributed by atoms with Gasteiger partial charge in [0.05, 0.1) is 22.9 Å². The van der Waals surface area contributed by atoms with E-state index in [-0.39, 0.29) is 5.91 Å². The first-order valence-corrected chi connectivity index (χ1v) is 9.76. The van der Waals surface area contributed by atoms with Crippen LogP contribution in [0.4, 0.5) is 5.13 Å². The summed E-state index contributed by atoms with van der Waals surface area (Å²) in [4.78, 5) is 17.1. The summed E-state index contributed by atoms with van der Waals surface area (Å²) < 4.78 is 7.18. The Balaban J connectivity index is 1.83. The topological polar surface area (TPSA) is 51.2 Å². The molecule has 1 heterocycles. The SMILES string of the molecule is CCCCc1ccc2nc(NC(=O)c3cc(Br)ccc3OC)sc2c1. The zero-order valence-electron chi connectivity index (χ0n) is 14.1. The molecule has 0 aliphatic carbocycles. The molecule has 1 N–H and O–H groups in total. The van der Waals surface area contributed by atoms with E-state index in [1.165, 1.54) is 29.7 Å². The van der Waals surface area contributed by atoms with Gasteiger partial charge >= 0.3 is 0 Å². The number of ether oxygens (including phenoxy) is 1. The van der Waals surface area contributed by atoms with E-state index in [1.54, 1.807) is 19.2 Å². The number of carbonyl (C=O) groups excluding carboxylic acids is 1. The summed E-state index contributed by atoms with van der Waals surface area (Å²) in [7, 11) is 1.55. The van der Waals surface area contributed by atoms with Crippen molar-refractivity contribution in [2.45, 2.75) is 26.2 Å². The number of aryl methyl sites for hydroxylation is 1. The lowest BCUT2D eigenvalue weighted by Gasteiger charge is -2.08. The van der Waals surface area contributed by atoms with E-state index in [0.29, 0.717) is 16.4 Å². The summed E-state index contributed by atoms with van der Waals surface area (Å²) >= 11 is 4.88. The number of anilines is 1. The van der Waals surface area contributed by atoms with E-state index in [0.717, 1.165) is 21.1 Å². The Hall–Kier alpha value is -1.92. The van der Waals surface area contributed by atoms with Crippen LogP contribution >= 0.6 is 27.3 Å². The summed E-state index contributed by atoms with van der Waals surface area (Å²) in [6.45, 7) is 2.19. The van der Waals surface area contributed by atoms with Crippen LogP contribution in [0.3, 0.4) is 0 Å². The fourth-order valence-electron chi connectivity index (χ4n) is 2.58. The Morgan fingerprint density at radius 2 is 2.12 bits per heavy atom. The molecule has 0 radical (unpaired) electrons. The molecule has 0 fully saturated rings. The van der Waals surface area contributed by atoms with Crippen molar-refractivity contribution in [1.82, 2.24) is 4.98 Å². The molecule has 0 spiro atoms. The van der Waals surface area contributed by atoms with Gasteiger partial charge in [-0.1, -0.05) is 46.7 Å². The molecule has 25 heavy (non-hydrogen) atoms. The molecule has 130 valence electrons. The van der Waals surface area contributed by atoms with Crippen molar-refractivity contribution in [2.24, 2.45) is 0 Å². The Kier molecular flexibility index (Phi) is 5.71. The minimum atomic E-state index is -0.233. The molecule has 0 aliphatic heterocycles. The van der Waals surface area contributed by atoms with E-state index in [2.05, 4.69) is 45.3 Å². The van der Waals surface area contributed by atoms with E-state index in [1.807, 2.05) is 12.1 Å². The molecule has 6 heteroatoms. The van der Waals surface area contributed by atoms with Crippen molar-refractivity contribution in [1.29, 1.82) is 0 Å². The monoisotopic (exact) mass is 418 g/mol. The van der Waals surface area contributed by atoms with Gasteiger partial charge in [-0.05, 0) is 48.7 Å². The fraction of sp³-hybridized carbons (Fsp3) is 0.263. The van der Waals surface area contributed by atoms with Crippen LogP contribution < -0.4 is 10.1 Å². The van der Waals surface area contributed by atoms with E-state index < -0.39 is 0 Å². The molecule has 4 nitrogen and oxygen atoms in total. The first-order valence-electron chi connectivity index (χ1n) is 8.15. The molecule has 2 aromatic carbocycles. The number of amides is 1. The lowest BCUT2D eigenvalue weighted by atomic mass is 10.1. The smallest absolute Gasteiger partial charge is 0.261 e. The highest BCUT2D eigenvalue weighted by Gasteiger charge is 2.15. The van der Waals surface area contributed by atoms with Crippen molar-refractivity contribution in [3.05, 3.63) is 52.0 Å². The second-order valence-electron chi connectivity index (χ2n) is 5.72. The van der Waals surface area contributed by atoms with Gasteiger partial charge in [-0.15, -0.1) is 0 Å². The minimum Gasteiger partial charge on any atom is -0.496 e. The number of fused-ring (bicyclic) bond motifs is 1. The highest BCUT2D eigenvalue weighted by atomic mass is 79.9. The number of nitrogens with one attached hydrogen (secondary N) is 1. The number of carbonyl (C=O) groups is 1. The summed E-state index contributed by atoms with van der Waals surface area (Å²) in [6, 6.07) is 11.6. The Labute approximate surface area is 159 Å². The summed E-state index contributed by atoms with van der Waals surface area (Å²) in [5.41, 5.74) is 2.69. The number of rotatable bonds is 6. The highest BCUT2D eigenvalue weighted by Crippen LogP contribution is 2.29. The molecule has 0 aliphatic rings. The maximum atomic E-state index is 12.6. The molecule has 3 rings (SSSR count). The van der Waals surface area contributed by atoms with Crippen molar-refractivity contribution >= 4 is 48.5 Å². The number of halogens is 1. The fourth-order valence-corrected chi connectivity index (χ4v) is 3.87. The van der Waals surface area contributed by atoms with E-state index in [9.17, 15) is 4.79 Å². The summed E-state index contributed by atoms with van der Waals surface area (Å²) in [5, 5.41) is 3.47. The third-order valence-electron chi connectivity index (χ3n) is 3.90. The predicted molar refractivity (Wildman–Crippen MR) is 107 cm³/mol. The number of nitrogens with zero attached hydrogens (tertiary/aromatic N) is 1. The quantitative estimate of drug-likeness (QED) is 0.561. The van der Waals surface area contributed by atoms with Gasteiger partial charge in [-0.3, -0.25) is 10.1 Å². The highest BCUT2D eigenvalue weighted by molar-refractivity contribution is 9.10. The zero-order valence-corrected chi connectivity index (χ0v) is 16.5. The van der Waals surface area contributed by atoms with Gasteiger partial charge in [0.1, 0.15) is 5.75 Å². The Morgan fingerprint density at radius 1 is 1.28 bits per heavy atom. The predicted octanol–water partition coefficient (Wildman–Crippen LogP) is 5.66. The summed E-state index contributed by atoms with van der Waals surface area (Å²) in [6.07, 6.45) is 3.42. The minimum absolute atomic E-state index is 0.233. The maximum Gasteiger partial charge on any atom is 0.261 e. The van der Waals surface area contributed by atoms with Gasteiger partial charge in [0.15, 0.2) is 5.13 Å². The molecular weight excluding hydrogens is 400 g/mol. The first kappa shape index (κ1) is 17.9. The second-order valence-corrected chi connectivity index (χ2v) is 7.67. The van der Waals surface area contributed by atoms with Gasteiger partial charge in [0.2, 0.25) is 0 Å². The Bertz CT molecular complexity index is 908. The van der Waals surface area contributed by atoms with Gasteiger partial charge in [0.25, 0.3) is 5.91 Å². The molecule has 0 saturated carbocycles. The van der Waals surface area contributed by atoms with Crippen LogP contribution in [-0.2, 0) is 6.42 Å². The van der Waals surface area contributed by atoms with Crippen molar-refractivity contribution in [2.75, 3.05) is 12.4 Å². The lowest BCUT2D eigenvalue weighted by molar-refractivity contribution is 0.102. The van der Waals surface area contributed by atoms with Crippen LogP contribution in [-0.4, -0.2) is 18.0 Å². The van der Waals surface area contributed by atoms with Gasteiger partial charge in [-0.25, -0.2) is 4.98 Å². The molecule has 1 amide bonds. The van der Waals surface area contributed by atoms with Crippen molar-refractivity contribution in [3.63, 3.8) is 0 Å². The molecule has 0 bridgehead atoms. The number of benzene rings is 2. The van der Waals surface area contributed by atoms with Crippen LogP contribution in [0.5, 0.6) is 5.75 Å². The first-order chi connectivity index (χ1) is 12.1. The molecule has 1 aromatic heterocycles. The van der Waals surface area contributed by atoms with E-state index >= 15 is 0 Å². The van der Waals surface area contributed by atoms with E-state index in [4.69, 9.17) is 4.74 Å². The van der Waals surface area contributed by atoms with Crippen molar-refractivity contribution in [3.8, 4) is 5.75 Å². The van der Waals surface area contributed by atoms with Gasteiger partial charge < -0.3 is 4.74 Å². The molecule has 0 atom stereocenters. The standard InChI is InChI=1S/C19H19BrN2O2S/c1-3-4-5-12-6-8-15-17(10-12)25-19(21-15)22-18(23)14-11-13(20)7-9-16(14)24-2/h6-11H,3-5H2,1-2H3,(H,21,22,23). The van der Waals surface area contributed by atoms with Crippen LogP contribution in [0.1, 0.15) is 35.7 Å². The normalized spacial score (nSPS) is 10.8. The number of aromatic nitrogens is 1. The van der Waals surface area contributed by atoms with Crippen LogP contribution in [0.25, 0.3) is 10.2 Å². The molecule has 3 aromatic rings. The number of methoxy groups -OCH3 is 1. The average Bonchev–Trinajstić information content (AvgIpc) is 3.01. The van der Waals surface area contributed by atoms with Crippen LogP contribution in [0, 0.1) is 0 Å². The average molecular weight is 419 g/mol. The third kappa shape index (κ3) is 4.19. The molecule has 0 unspecified atom stereocenters. The Morgan fingerprint density at radius 3 is 2.88 bits per heavy atom. The number of thiazole rings is 1. The third-order valence-corrected chi connectivity index (χ3v) is 5.33. The second kappa shape index (κ2) is 7.97. The number of hydrogen-bond acceptors (Lipinski definition) is 4. The van der Waals surface area contributed by atoms with Gasteiger partial charge in [-0.2, -0.15) is 0 Å². The lowest BCUT2D eigenvalue weighted by Crippen LogP contribution is -2.13. The summed E-state index contributed by atoms with van der Waals surface area (Å²) in [5.74, 6) is 0.298. The van der Waals surface area contributed by atoms with Crippen molar-refractivity contribution < 1.29 is 9.53 Å². The molecular formula is C19H19BrN2O2S.